The molecule has 2 aliphatic carbocycles. The van der Waals surface area contributed by atoms with Gasteiger partial charge >= 0.3 is 0 Å². The highest BCUT2D eigenvalue weighted by Gasteiger charge is 2.58. The second-order valence-corrected chi connectivity index (χ2v) is 15.5. The van der Waals surface area contributed by atoms with Gasteiger partial charge in [0.2, 0.25) is 0 Å². The Morgan fingerprint density at radius 2 is 1.00 bits per heavy atom. The molecule has 4 aliphatic heterocycles. The molecular formula is C33H57O21+. The van der Waals surface area contributed by atoms with Crippen molar-refractivity contribution in [3.05, 3.63) is 0 Å². The van der Waals surface area contributed by atoms with Gasteiger partial charge in [-0.05, 0) is 25.7 Å². The van der Waals surface area contributed by atoms with Crippen LogP contribution in [0.3, 0.4) is 0 Å². The second kappa shape index (κ2) is 18.0. The van der Waals surface area contributed by atoms with Crippen LogP contribution in [-0.4, -0.2) is 231 Å². The van der Waals surface area contributed by atoms with Crippen molar-refractivity contribution in [3.63, 3.8) is 0 Å². The van der Waals surface area contributed by atoms with Crippen molar-refractivity contribution in [1.82, 2.24) is 0 Å². The predicted molar refractivity (Wildman–Crippen MR) is 172 cm³/mol. The first-order valence-electron chi connectivity index (χ1n) is 18.6. The van der Waals surface area contributed by atoms with Crippen molar-refractivity contribution in [1.29, 1.82) is 0 Å². The lowest BCUT2D eigenvalue weighted by Crippen LogP contribution is -2.66. The Labute approximate surface area is 309 Å². The molecule has 6 fully saturated rings. The number of hydrogen-bond donors (Lipinski definition) is 14. The monoisotopic (exact) mass is 789 g/mol. The zero-order valence-electron chi connectivity index (χ0n) is 29.4. The lowest BCUT2D eigenvalue weighted by molar-refractivity contribution is -0.390. The summed E-state index contributed by atoms with van der Waals surface area (Å²) in [5, 5.41) is 146. The molecule has 0 radical (unpaired) electrons. The first-order chi connectivity index (χ1) is 25.7. The summed E-state index contributed by atoms with van der Waals surface area (Å²) in [7, 11) is 0. The van der Waals surface area contributed by atoms with Crippen LogP contribution in [0.25, 0.3) is 0 Å². The van der Waals surface area contributed by atoms with E-state index in [1.54, 1.807) is 0 Å². The molecule has 0 bridgehead atoms. The molecule has 2 saturated carbocycles. The van der Waals surface area contributed by atoms with Gasteiger partial charge in [-0.1, -0.05) is 0 Å². The van der Waals surface area contributed by atoms with Crippen molar-refractivity contribution >= 4 is 0 Å². The number of aliphatic hydroxyl groups excluding tert-OH is 14. The first kappa shape index (κ1) is 42.8. The maximum absolute atomic E-state index is 11.3. The van der Waals surface area contributed by atoms with Crippen molar-refractivity contribution in [2.75, 3.05) is 19.8 Å². The highest BCUT2D eigenvalue weighted by atomic mass is 16.8. The molecule has 4 heterocycles. The van der Waals surface area contributed by atoms with Gasteiger partial charge in [0.1, 0.15) is 79.4 Å². The van der Waals surface area contributed by atoms with E-state index in [4.69, 9.17) is 33.2 Å². The van der Waals surface area contributed by atoms with Crippen LogP contribution < -0.4 is 0 Å². The van der Waals surface area contributed by atoms with Crippen molar-refractivity contribution in [2.24, 2.45) is 11.8 Å². The van der Waals surface area contributed by atoms with Crippen LogP contribution in [0.15, 0.2) is 0 Å². The van der Waals surface area contributed by atoms with E-state index in [9.17, 15) is 71.5 Å². The zero-order chi connectivity index (χ0) is 39.2. The van der Waals surface area contributed by atoms with E-state index >= 15 is 0 Å². The highest BCUT2D eigenvalue weighted by Crippen LogP contribution is 2.44. The molecule has 15 N–H and O–H groups in total. The SMILES string of the molecule is OC[C@H]1O[C@@H](OC2CC(O)CC3[OH+]C(C4CCC(O)C(O)C4)C(O[C@@H]4O[C@H](CO)[C@@H](O)[C@H](O)[C@H]4O[C@@H]4O[C@H](CO)[C@@H](O)[C@H](O)[C@H]4O)CC23)[C@H](O)[C@@H](O)[C@@H]1O. The zero-order valence-corrected chi connectivity index (χ0v) is 29.4. The largest absolute Gasteiger partial charge is 0.427 e. The fourth-order valence-corrected chi connectivity index (χ4v) is 8.81. The van der Waals surface area contributed by atoms with Crippen LogP contribution in [0.1, 0.15) is 38.5 Å². The van der Waals surface area contributed by atoms with Gasteiger partial charge in [-0.2, -0.15) is 0 Å². The Hall–Kier alpha value is -0.840. The number of aliphatic hydroxyl groups is 16. The van der Waals surface area contributed by atoms with Crippen LogP contribution in [0.5, 0.6) is 0 Å². The van der Waals surface area contributed by atoms with E-state index in [-0.39, 0.29) is 38.0 Å². The van der Waals surface area contributed by atoms with Gasteiger partial charge in [0.05, 0.1) is 50.2 Å². The number of rotatable bonds is 10. The Bertz CT molecular complexity index is 1180. The number of hydrogen-bond acceptors (Lipinski definition) is 20. The maximum atomic E-state index is 11.3. The van der Waals surface area contributed by atoms with E-state index in [0.29, 0.717) is 6.42 Å². The molecule has 21 heteroatoms. The third kappa shape index (κ3) is 8.63. The quantitative estimate of drug-likeness (QED) is 0.0914. The first-order valence-corrected chi connectivity index (χ1v) is 18.6. The summed E-state index contributed by atoms with van der Waals surface area (Å²) in [6.45, 7) is -2.24. The number of ether oxygens (including phenoxy) is 7. The standard InChI is InChI=1S/C33H56O21/c34-7-18-21(40)24(43)27(46)31(51-18)49-16-5-11(37)4-15-12(16)6-17(29(48-15)10-1-2-13(38)14(39)3-10)50-33-30(26(45)23(42)20(9-36)53-33)54-32-28(47)25(44)22(41)19(8-35)52-32/h10-47H,1-9H2/p+1/t10?,11?,12?,13?,14?,15?,16?,17?,18-,19-,20-,21-,22-,23-,24+,25+,26+,27-,28-,29?,30-,31-,32+,33-/m1/s1. The van der Waals surface area contributed by atoms with Crippen molar-refractivity contribution in [2.45, 2.75) is 173 Å². The average Bonchev–Trinajstić information content (AvgIpc) is 3.15. The molecule has 21 nitrogen and oxygen atoms in total. The van der Waals surface area contributed by atoms with Gasteiger partial charge in [0.25, 0.3) is 0 Å². The summed E-state index contributed by atoms with van der Waals surface area (Å²) in [6.07, 6.45) is -29.9. The summed E-state index contributed by atoms with van der Waals surface area (Å²) < 4.78 is 40.6. The fraction of sp³-hybridized carbons (Fsp3) is 1.00. The van der Waals surface area contributed by atoms with Gasteiger partial charge < -0.3 is 105 Å². The Kier molecular flexibility index (Phi) is 14.2. The molecule has 314 valence electrons. The lowest BCUT2D eigenvalue weighted by Gasteiger charge is -2.50. The van der Waals surface area contributed by atoms with Crippen LogP contribution in [-0.2, 0) is 28.4 Å². The molecule has 0 aromatic carbocycles. The molecule has 9 unspecified atom stereocenters. The second-order valence-electron chi connectivity index (χ2n) is 15.5. The highest BCUT2D eigenvalue weighted by molar-refractivity contribution is 5.00. The summed E-state index contributed by atoms with van der Waals surface area (Å²) in [5.41, 5.74) is 0. The van der Waals surface area contributed by atoms with Crippen molar-refractivity contribution < 1.29 is 105 Å². The Balaban J connectivity index is 1.28. The van der Waals surface area contributed by atoms with Gasteiger partial charge in [-0.25, -0.2) is 0 Å². The molecule has 0 spiro atoms. The summed E-state index contributed by atoms with van der Waals surface area (Å²) in [5.74, 6) is -0.950. The van der Waals surface area contributed by atoms with E-state index in [1.807, 2.05) is 0 Å². The molecule has 0 aromatic rings. The molecule has 24 atom stereocenters. The molecule has 6 aliphatic rings. The van der Waals surface area contributed by atoms with E-state index in [0.717, 1.165) is 0 Å². The molecule has 54 heavy (non-hydrogen) atoms. The van der Waals surface area contributed by atoms with E-state index in [1.165, 1.54) is 0 Å². The van der Waals surface area contributed by atoms with Crippen LogP contribution in [0.2, 0.25) is 0 Å². The number of fused-ring (bicyclic) bond motifs is 1. The minimum atomic E-state index is -1.90. The van der Waals surface area contributed by atoms with Crippen LogP contribution in [0.4, 0.5) is 0 Å². The predicted octanol–water partition coefficient (Wildman–Crippen LogP) is -7.86. The third-order valence-electron chi connectivity index (χ3n) is 12.0. The van der Waals surface area contributed by atoms with E-state index in [2.05, 4.69) is 0 Å². The third-order valence-corrected chi connectivity index (χ3v) is 12.0. The van der Waals surface area contributed by atoms with Gasteiger partial charge in [-0.3, -0.25) is 0 Å². The van der Waals surface area contributed by atoms with Crippen LogP contribution in [0, 0.1) is 11.8 Å². The van der Waals surface area contributed by atoms with Gasteiger partial charge in [0, 0.05) is 18.8 Å². The van der Waals surface area contributed by atoms with Crippen molar-refractivity contribution in [3.8, 4) is 0 Å². The summed E-state index contributed by atoms with van der Waals surface area (Å²) in [4.78, 5) is 0. The molecule has 0 aromatic heterocycles. The van der Waals surface area contributed by atoms with E-state index < -0.39 is 161 Å². The normalized spacial score (nSPS) is 54.6. The maximum Gasteiger partial charge on any atom is 0.187 e. The fourth-order valence-electron chi connectivity index (χ4n) is 8.81. The van der Waals surface area contributed by atoms with Crippen LogP contribution >= 0.6 is 0 Å². The Morgan fingerprint density at radius 3 is 1.56 bits per heavy atom. The summed E-state index contributed by atoms with van der Waals surface area (Å²) in [6, 6.07) is 0. The average molecular weight is 790 g/mol. The Morgan fingerprint density at radius 1 is 0.481 bits per heavy atom. The smallest absolute Gasteiger partial charge is 0.187 e. The molecule has 4 saturated heterocycles. The van der Waals surface area contributed by atoms with Gasteiger partial charge in [-0.15, -0.1) is 0 Å². The minimum absolute atomic E-state index is 0.0255. The molecule has 0 amide bonds. The topological polar surface area (TPSA) is 351 Å². The summed E-state index contributed by atoms with van der Waals surface area (Å²) >= 11 is 0. The molecule has 6 rings (SSSR count). The molecular weight excluding hydrogens is 732 g/mol. The van der Waals surface area contributed by atoms with Gasteiger partial charge in [0.15, 0.2) is 31.1 Å². The minimum Gasteiger partial charge on any atom is -0.427 e. The lowest BCUT2D eigenvalue weighted by atomic mass is 9.72.